The summed E-state index contributed by atoms with van der Waals surface area (Å²) in [5, 5.41) is 9.93. The summed E-state index contributed by atoms with van der Waals surface area (Å²) >= 11 is 0. The fraction of sp³-hybridized carbons (Fsp3) is 0.0952. The van der Waals surface area contributed by atoms with Gasteiger partial charge in [0, 0.05) is 0 Å². The summed E-state index contributed by atoms with van der Waals surface area (Å²) in [7, 11) is 0. The first-order valence-electron chi connectivity index (χ1n) is 7.92. The molecule has 25 heavy (non-hydrogen) atoms. The molecule has 3 rings (SSSR count). The summed E-state index contributed by atoms with van der Waals surface area (Å²) in [6.45, 7) is 0.610. The Morgan fingerprint density at radius 3 is 1.88 bits per heavy atom. The van der Waals surface area contributed by atoms with Gasteiger partial charge < -0.3 is 14.6 Å². The van der Waals surface area contributed by atoms with Crippen molar-refractivity contribution in [2.24, 2.45) is 0 Å². The molecule has 4 nitrogen and oxygen atoms in total. The lowest BCUT2D eigenvalue weighted by atomic mass is 10.1. The Labute approximate surface area is 146 Å². The summed E-state index contributed by atoms with van der Waals surface area (Å²) in [5.74, 6) is 0.527. The zero-order chi connectivity index (χ0) is 17.5. The van der Waals surface area contributed by atoms with Crippen molar-refractivity contribution in [2.75, 3.05) is 0 Å². The van der Waals surface area contributed by atoms with E-state index in [0.717, 1.165) is 11.1 Å². The first-order chi connectivity index (χ1) is 12.3. The molecule has 0 spiro atoms. The molecule has 0 aliphatic carbocycles. The van der Waals surface area contributed by atoms with Gasteiger partial charge in [0.15, 0.2) is 17.8 Å². The molecule has 4 heteroatoms. The van der Waals surface area contributed by atoms with E-state index >= 15 is 0 Å². The molecule has 0 amide bonds. The summed E-state index contributed by atoms with van der Waals surface area (Å²) in [5.41, 5.74) is 2.04. The van der Waals surface area contributed by atoms with Crippen molar-refractivity contribution in [3.63, 3.8) is 0 Å². The third kappa shape index (κ3) is 4.18. The standard InChI is InChI=1S/C21H18O4/c22-13-18-19(23)11-12-20(24-14-16-7-3-1-4-8-16)21(18)25-15-17-9-5-2-6-10-17/h1-13,23H,14-15H2. The molecule has 0 radical (unpaired) electrons. The molecule has 0 atom stereocenters. The average molecular weight is 334 g/mol. The third-order valence-electron chi connectivity index (χ3n) is 3.72. The maximum absolute atomic E-state index is 11.4. The highest BCUT2D eigenvalue weighted by Gasteiger charge is 2.16. The van der Waals surface area contributed by atoms with Gasteiger partial charge in [-0.2, -0.15) is 0 Å². The van der Waals surface area contributed by atoms with Crippen LogP contribution in [-0.4, -0.2) is 11.4 Å². The molecular weight excluding hydrogens is 316 g/mol. The van der Waals surface area contributed by atoms with Gasteiger partial charge in [0.1, 0.15) is 24.5 Å². The number of hydrogen-bond acceptors (Lipinski definition) is 4. The van der Waals surface area contributed by atoms with Crippen molar-refractivity contribution in [2.45, 2.75) is 13.2 Å². The van der Waals surface area contributed by atoms with Gasteiger partial charge in [-0.3, -0.25) is 4.79 Å². The van der Waals surface area contributed by atoms with Gasteiger partial charge in [-0.25, -0.2) is 0 Å². The van der Waals surface area contributed by atoms with Crippen LogP contribution in [0.15, 0.2) is 72.8 Å². The van der Waals surface area contributed by atoms with Gasteiger partial charge in [0.25, 0.3) is 0 Å². The van der Waals surface area contributed by atoms with Crippen LogP contribution in [0.3, 0.4) is 0 Å². The number of phenols is 1. The minimum Gasteiger partial charge on any atom is -0.507 e. The maximum atomic E-state index is 11.4. The van der Waals surface area contributed by atoms with Gasteiger partial charge in [-0.05, 0) is 23.3 Å². The van der Waals surface area contributed by atoms with E-state index in [-0.39, 0.29) is 23.7 Å². The predicted molar refractivity (Wildman–Crippen MR) is 95.0 cm³/mol. The molecule has 3 aromatic rings. The van der Waals surface area contributed by atoms with Crippen molar-refractivity contribution < 1.29 is 19.4 Å². The Balaban J connectivity index is 1.82. The topological polar surface area (TPSA) is 55.8 Å². The van der Waals surface area contributed by atoms with Crippen molar-refractivity contribution in [1.29, 1.82) is 0 Å². The van der Waals surface area contributed by atoms with Crippen molar-refractivity contribution >= 4 is 6.29 Å². The summed E-state index contributed by atoms with van der Waals surface area (Å²) in [4.78, 5) is 11.4. The Bertz CT molecular complexity index is 829. The number of hydrogen-bond donors (Lipinski definition) is 1. The molecule has 3 aromatic carbocycles. The largest absolute Gasteiger partial charge is 0.507 e. The van der Waals surface area contributed by atoms with Crippen LogP contribution in [0.4, 0.5) is 0 Å². The quantitative estimate of drug-likeness (QED) is 0.652. The number of rotatable bonds is 7. The van der Waals surface area contributed by atoms with Crippen LogP contribution in [0.1, 0.15) is 21.5 Å². The molecule has 0 heterocycles. The molecule has 0 aliphatic heterocycles. The van der Waals surface area contributed by atoms with E-state index in [9.17, 15) is 9.90 Å². The smallest absolute Gasteiger partial charge is 0.175 e. The fourth-order valence-electron chi connectivity index (χ4n) is 2.41. The van der Waals surface area contributed by atoms with Crippen LogP contribution in [0.5, 0.6) is 17.2 Å². The highest BCUT2D eigenvalue weighted by atomic mass is 16.5. The van der Waals surface area contributed by atoms with Crippen LogP contribution in [-0.2, 0) is 13.2 Å². The lowest BCUT2D eigenvalue weighted by molar-refractivity contribution is 0.111. The normalized spacial score (nSPS) is 10.2. The zero-order valence-electron chi connectivity index (χ0n) is 13.6. The second-order valence-electron chi connectivity index (χ2n) is 5.49. The van der Waals surface area contributed by atoms with E-state index in [0.29, 0.717) is 18.6 Å². The summed E-state index contributed by atoms with van der Waals surface area (Å²) in [6.07, 6.45) is 0.574. The van der Waals surface area contributed by atoms with E-state index in [4.69, 9.17) is 9.47 Å². The number of benzene rings is 3. The molecule has 1 N–H and O–H groups in total. The minimum absolute atomic E-state index is 0.0847. The lowest BCUT2D eigenvalue weighted by Crippen LogP contribution is -2.03. The van der Waals surface area contributed by atoms with Crippen LogP contribution >= 0.6 is 0 Å². The highest BCUT2D eigenvalue weighted by Crippen LogP contribution is 2.37. The third-order valence-corrected chi connectivity index (χ3v) is 3.72. The molecule has 0 saturated heterocycles. The first-order valence-corrected chi connectivity index (χ1v) is 7.92. The van der Waals surface area contributed by atoms with Crippen LogP contribution < -0.4 is 9.47 Å². The van der Waals surface area contributed by atoms with Crippen molar-refractivity contribution in [3.05, 3.63) is 89.5 Å². The number of phenolic OH excluding ortho intramolecular Hbond substituents is 1. The highest BCUT2D eigenvalue weighted by molar-refractivity contribution is 5.85. The van der Waals surface area contributed by atoms with E-state index in [1.54, 1.807) is 6.07 Å². The fourth-order valence-corrected chi connectivity index (χ4v) is 2.41. The van der Waals surface area contributed by atoms with Crippen LogP contribution in [0.2, 0.25) is 0 Å². The van der Waals surface area contributed by atoms with Gasteiger partial charge in [0.05, 0.1) is 0 Å². The minimum atomic E-state index is -0.134. The predicted octanol–water partition coefficient (Wildman–Crippen LogP) is 4.36. The maximum Gasteiger partial charge on any atom is 0.175 e. The van der Waals surface area contributed by atoms with Gasteiger partial charge in [0.2, 0.25) is 0 Å². The SMILES string of the molecule is O=Cc1c(O)ccc(OCc2ccccc2)c1OCc1ccccc1. The molecular formula is C21H18O4. The summed E-state index contributed by atoms with van der Waals surface area (Å²) < 4.78 is 11.6. The molecule has 0 fully saturated rings. The second kappa shape index (κ2) is 8.02. The molecule has 0 aliphatic rings. The molecule has 126 valence electrons. The lowest BCUT2D eigenvalue weighted by Gasteiger charge is -2.15. The van der Waals surface area contributed by atoms with E-state index in [1.165, 1.54) is 6.07 Å². The Kier molecular flexibility index (Phi) is 5.32. The number of ether oxygens (including phenoxy) is 2. The van der Waals surface area contributed by atoms with Gasteiger partial charge in [-0.15, -0.1) is 0 Å². The second-order valence-corrected chi connectivity index (χ2v) is 5.49. The number of aromatic hydroxyl groups is 1. The van der Waals surface area contributed by atoms with Gasteiger partial charge >= 0.3 is 0 Å². The molecule has 0 unspecified atom stereocenters. The van der Waals surface area contributed by atoms with E-state index in [1.807, 2.05) is 60.7 Å². The Hall–Kier alpha value is -3.27. The zero-order valence-corrected chi connectivity index (χ0v) is 13.6. The van der Waals surface area contributed by atoms with E-state index < -0.39 is 0 Å². The molecule has 0 aromatic heterocycles. The Morgan fingerprint density at radius 2 is 1.32 bits per heavy atom. The van der Waals surface area contributed by atoms with Gasteiger partial charge in [-0.1, -0.05) is 60.7 Å². The monoisotopic (exact) mass is 334 g/mol. The van der Waals surface area contributed by atoms with Crippen LogP contribution in [0, 0.1) is 0 Å². The first kappa shape index (κ1) is 16.6. The van der Waals surface area contributed by atoms with E-state index in [2.05, 4.69) is 0 Å². The van der Waals surface area contributed by atoms with Crippen LogP contribution in [0.25, 0.3) is 0 Å². The summed E-state index contributed by atoms with van der Waals surface area (Å²) in [6, 6.07) is 22.3. The number of aldehydes is 1. The Morgan fingerprint density at radius 1 is 0.760 bits per heavy atom. The van der Waals surface area contributed by atoms with Crippen molar-refractivity contribution in [3.8, 4) is 17.2 Å². The van der Waals surface area contributed by atoms with Crippen molar-refractivity contribution in [1.82, 2.24) is 0 Å². The number of carbonyl (C=O) groups is 1. The average Bonchev–Trinajstić information content (AvgIpc) is 2.67. The molecule has 0 bridgehead atoms. The molecule has 0 saturated carbocycles. The number of carbonyl (C=O) groups excluding carboxylic acids is 1.